The van der Waals surface area contributed by atoms with E-state index in [0.29, 0.717) is 18.1 Å². The van der Waals surface area contributed by atoms with Gasteiger partial charge < -0.3 is 14.6 Å². The van der Waals surface area contributed by atoms with Crippen molar-refractivity contribution >= 4 is 45.5 Å². The molecular weight excluding hydrogens is 531 g/mol. The Morgan fingerprint density at radius 3 is 2.45 bits per heavy atom. The molecule has 6 nitrogen and oxygen atoms in total. The number of rotatable bonds is 7. The van der Waals surface area contributed by atoms with Crippen LogP contribution in [-0.2, 0) is 6.61 Å². The van der Waals surface area contributed by atoms with E-state index < -0.39 is 5.91 Å². The third-order valence-corrected chi connectivity index (χ3v) is 5.77. The summed E-state index contributed by atoms with van der Waals surface area (Å²) in [5.41, 5.74) is 4.41. The van der Waals surface area contributed by atoms with Gasteiger partial charge in [0.25, 0.3) is 5.91 Å². The van der Waals surface area contributed by atoms with E-state index in [-0.39, 0.29) is 11.3 Å². The number of aromatic hydroxyl groups is 1. The molecule has 4 aromatic rings. The van der Waals surface area contributed by atoms with Crippen LogP contribution in [0.1, 0.15) is 21.5 Å². The minimum atomic E-state index is -0.501. The van der Waals surface area contributed by atoms with Gasteiger partial charge in [0.1, 0.15) is 12.4 Å². The second-order valence-electron chi connectivity index (χ2n) is 7.22. The van der Waals surface area contributed by atoms with Gasteiger partial charge in [-0.25, -0.2) is 5.43 Å². The molecule has 0 radical (unpaired) electrons. The van der Waals surface area contributed by atoms with E-state index >= 15 is 0 Å². The van der Waals surface area contributed by atoms with E-state index in [1.54, 1.807) is 25.3 Å². The predicted octanol–water partition coefficient (Wildman–Crippen LogP) is 5.50. The Bertz CT molecular complexity index is 1320. The number of carbonyl (C=O) groups excluding carboxylic acids is 1. The number of hydrogen-bond donors (Lipinski definition) is 2. The van der Waals surface area contributed by atoms with Gasteiger partial charge in [0.2, 0.25) is 0 Å². The molecule has 0 saturated heterocycles. The molecule has 0 aliphatic heterocycles. The number of ether oxygens (including phenoxy) is 2. The third-order valence-electron chi connectivity index (χ3n) is 4.97. The van der Waals surface area contributed by atoms with Crippen molar-refractivity contribution in [3.05, 3.63) is 99.1 Å². The van der Waals surface area contributed by atoms with Gasteiger partial charge in [-0.15, -0.1) is 0 Å². The summed E-state index contributed by atoms with van der Waals surface area (Å²) in [7, 11) is 1.58. The van der Waals surface area contributed by atoms with Crippen LogP contribution < -0.4 is 14.9 Å². The molecule has 0 unspecified atom stereocenters. The first kappa shape index (κ1) is 22.6. The molecule has 0 bridgehead atoms. The molecular formula is C26H21IN2O4. The van der Waals surface area contributed by atoms with Gasteiger partial charge in [-0.2, -0.15) is 5.10 Å². The number of carbonyl (C=O) groups is 1. The van der Waals surface area contributed by atoms with Crippen molar-refractivity contribution in [3.63, 3.8) is 0 Å². The summed E-state index contributed by atoms with van der Waals surface area (Å²) in [6.45, 7) is 0.423. The highest BCUT2D eigenvalue weighted by Crippen LogP contribution is 2.34. The van der Waals surface area contributed by atoms with Crippen LogP contribution in [0, 0.1) is 3.57 Å². The summed E-state index contributed by atoms with van der Waals surface area (Å²) >= 11 is 2.18. The fourth-order valence-electron chi connectivity index (χ4n) is 3.32. The Kier molecular flexibility index (Phi) is 7.09. The lowest BCUT2D eigenvalue weighted by molar-refractivity contribution is 0.0952. The van der Waals surface area contributed by atoms with Crippen LogP contribution in [0.5, 0.6) is 17.2 Å². The van der Waals surface area contributed by atoms with Gasteiger partial charge in [0.15, 0.2) is 11.5 Å². The second-order valence-corrected chi connectivity index (χ2v) is 8.39. The number of phenols is 1. The van der Waals surface area contributed by atoms with Crippen molar-refractivity contribution < 1.29 is 19.4 Å². The van der Waals surface area contributed by atoms with Crippen molar-refractivity contribution in [2.45, 2.75) is 6.61 Å². The maximum atomic E-state index is 12.5. The number of nitrogens with zero attached hydrogens (tertiary/aromatic N) is 1. The lowest BCUT2D eigenvalue weighted by atomic mass is 10.1. The van der Waals surface area contributed by atoms with E-state index in [4.69, 9.17) is 9.47 Å². The molecule has 0 aliphatic carbocycles. The van der Waals surface area contributed by atoms with E-state index in [2.05, 4.69) is 33.1 Å². The maximum Gasteiger partial charge on any atom is 0.275 e. The van der Waals surface area contributed by atoms with Crippen molar-refractivity contribution in [2.75, 3.05) is 7.11 Å². The Morgan fingerprint density at radius 1 is 1.03 bits per heavy atom. The SMILES string of the molecule is COc1cc(C=NNC(=O)c2cc3ccccc3cc2O)cc(I)c1OCc1ccccc1. The number of halogens is 1. The summed E-state index contributed by atoms with van der Waals surface area (Å²) in [5, 5.41) is 16.0. The molecule has 4 rings (SSSR count). The van der Waals surface area contributed by atoms with Crippen molar-refractivity contribution in [1.82, 2.24) is 5.43 Å². The number of hydrogen-bond acceptors (Lipinski definition) is 5. The number of phenolic OH excluding ortho intramolecular Hbond substituents is 1. The quantitative estimate of drug-likeness (QED) is 0.180. The molecule has 0 heterocycles. The fraction of sp³-hybridized carbons (Fsp3) is 0.0769. The lowest BCUT2D eigenvalue weighted by Crippen LogP contribution is -2.17. The van der Waals surface area contributed by atoms with Crippen LogP contribution in [0.2, 0.25) is 0 Å². The number of nitrogens with one attached hydrogen (secondary N) is 1. The number of benzene rings is 4. The summed E-state index contributed by atoms with van der Waals surface area (Å²) in [6.07, 6.45) is 1.52. The van der Waals surface area contributed by atoms with Gasteiger partial charge in [-0.05, 0) is 68.8 Å². The second kappa shape index (κ2) is 10.4. The fourth-order valence-corrected chi connectivity index (χ4v) is 4.10. The molecule has 33 heavy (non-hydrogen) atoms. The zero-order valence-electron chi connectivity index (χ0n) is 17.8. The number of methoxy groups -OCH3 is 1. The highest BCUT2D eigenvalue weighted by molar-refractivity contribution is 14.1. The molecule has 2 N–H and O–H groups in total. The van der Waals surface area contributed by atoms with Crippen LogP contribution in [0.15, 0.2) is 84.0 Å². The molecule has 0 saturated carbocycles. The minimum absolute atomic E-state index is 0.0995. The Hall–Kier alpha value is -3.59. The van der Waals surface area contributed by atoms with Crippen LogP contribution in [-0.4, -0.2) is 24.3 Å². The largest absolute Gasteiger partial charge is 0.507 e. The third kappa shape index (κ3) is 5.43. The summed E-state index contributed by atoms with van der Waals surface area (Å²) in [4.78, 5) is 12.5. The number of fused-ring (bicyclic) bond motifs is 1. The zero-order chi connectivity index (χ0) is 23.2. The Labute approximate surface area is 205 Å². The van der Waals surface area contributed by atoms with Crippen LogP contribution in [0.4, 0.5) is 0 Å². The lowest BCUT2D eigenvalue weighted by Gasteiger charge is -2.13. The van der Waals surface area contributed by atoms with Crippen LogP contribution >= 0.6 is 22.6 Å². The zero-order valence-corrected chi connectivity index (χ0v) is 19.9. The number of hydrazone groups is 1. The average Bonchev–Trinajstić information content (AvgIpc) is 2.83. The topological polar surface area (TPSA) is 80.2 Å². The molecule has 166 valence electrons. The molecule has 1 amide bonds. The van der Waals surface area contributed by atoms with Gasteiger partial charge in [0.05, 0.1) is 22.5 Å². The van der Waals surface area contributed by atoms with Crippen molar-refractivity contribution in [3.8, 4) is 17.2 Å². The monoisotopic (exact) mass is 552 g/mol. The van der Waals surface area contributed by atoms with E-state index in [1.165, 1.54) is 6.21 Å². The van der Waals surface area contributed by atoms with E-state index in [1.807, 2.05) is 60.7 Å². The minimum Gasteiger partial charge on any atom is -0.507 e. The molecule has 0 fully saturated rings. The molecule has 7 heteroatoms. The number of amides is 1. The predicted molar refractivity (Wildman–Crippen MR) is 137 cm³/mol. The normalized spacial score (nSPS) is 11.0. The molecule has 0 spiro atoms. The van der Waals surface area contributed by atoms with E-state index in [0.717, 1.165) is 25.5 Å². The molecule has 0 aliphatic rings. The van der Waals surface area contributed by atoms with Gasteiger partial charge in [0, 0.05) is 0 Å². The van der Waals surface area contributed by atoms with Gasteiger partial charge >= 0.3 is 0 Å². The first-order chi connectivity index (χ1) is 16.0. The first-order valence-electron chi connectivity index (χ1n) is 10.1. The Balaban J connectivity index is 1.47. The highest BCUT2D eigenvalue weighted by Gasteiger charge is 2.13. The smallest absolute Gasteiger partial charge is 0.275 e. The van der Waals surface area contributed by atoms with Crippen molar-refractivity contribution in [1.29, 1.82) is 0 Å². The van der Waals surface area contributed by atoms with Gasteiger partial charge in [-0.1, -0.05) is 54.6 Å². The summed E-state index contributed by atoms with van der Waals surface area (Å²) in [5.74, 6) is 0.610. The summed E-state index contributed by atoms with van der Waals surface area (Å²) < 4.78 is 12.3. The van der Waals surface area contributed by atoms with Crippen molar-refractivity contribution in [2.24, 2.45) is 5.10 Å². The standard InChI is InChI=1S/C26H21IN2O4/c1-32-24-12-18(11-22(27)25(24)33-16-17-7-3-2-4-8-17)15-28-29-26(31)21-13-19-9-5-6-10-20(19)14-23(21)30/h2-15,30H,16H2,1H3,(H,29,31). The van der Waals surface area contributed by atoms with Crippen LogP contribution in [0.3, 0.4) is 0 Å². The van der Waals surface area contributed by atoms with E-state index in [9.17, 15) is 9.90 Å². The van der Waals surface area contributed by atoms with Gasteiger partial charge in [-0.3, -0.25) is 4.79 Å². The highest BCUT2D eigenvalue weighted by atomic mass is 127. The molecule has 0 aromatic heterocycles. The maximum absolute atomic E-state index is 12.5. The average molecular weight is 552 g/mol. The molecule has 4 aromatic carbocycles. The molecule has 0 atom stereocenters. The van der Waals surface area contributed by atoms with Crippen LogP contribution in [0.25, 0.3) is 10.8 Å². The summed E-state index contributed by atoms with van der Waals surface area (Å²) in [6, 6.07) is 24.3. The first-order valence-corrected chi connectivity index (χ1v) is 11.2. The Morgan fingerprint density at radius 2 is 1.73 bits per heavy atom.